The minimum absolute atomic E-state index is 0. The summed E-state index contributed by atoms with van der Waals surface area (Å²) in [4.78, 5) is 26.0. The van der Waals surface area contributed by atoms with E-state index in [1.165, 1.54) is 77.0 Å². The summed E-state index contributed by atoms with van der Waals surface area (Å²) >= 11 is 3.69. The second-order valence-corrected chi connectivity index (χ2v) is 16.6. The van der Waals surface area contributed by atoms with Crippen molar-refractivity contribution in [2.45, 2.75) is 141 Å². The molecular weight excluding hydrogens is 772 g/mol. The second kappa shape index (κ2) is 28.1. The molecule has 4 rings (SSSR count). The number of unbranched alkanes of at least 4 members (excludes halogenated alkanes) is 14. The topological polar surface area (TPSA) is 70.2 Å². The Morgan fingerprint density at radius 1 is 0.545 bits per heavy atom. The summed E-state index contributed by atoms with van der Waals surface area (Å²) in [6.45, 7) is 5.90. The number of hydrogen-bond donors (Lipinski definition) is 0. The van der Waals surface area contributed by atoms with Crippen molar-refractivity contribution in [2.24, 2.45) is 14.1 Å². The highest BCUT2D eigenvalue weighted by Crippen LogP contribution is 2.24. The summed E-state index contributed by atoms with van der Waals surface area (Å²) in [6, 6.07) is 16.6. The van der Waals surface area contributed by atoms with Crippen molar-refractivity contribution in [2.75, 3.05) is 18.3 Å². The van der Waals surface area contributed by atoms with Crippen LogP contribution in [0.5, 0.6) is 0 Å². The van der Waals surface area contributed by atoms with Crippen LogP contribution in [-0.2, 0) is 57.8 Å². The summed E-state index contributed by atoms with van der Waals surface area (Å²) in [5.74, 6) is 3.38. The number of aryl methyl sites for hydroxylation is 2. The van der Waals surface area contributed by atoms with Crippen LogP contribution in [0.1, 0.15) is 128 Å². The number of nitrogens with zero attached hydrogens (tertiary/aromatic N) is 4. The number of halogens is 2. The van der Waals surface area contributed by atoms with Crippen LogP contribution >= 0.6 is 23.5 Å². The average molecular weight is 838 g/mol. The fraction of sp³-hybridized carbons (Fsp3) is 0.628. The third-order valence-corrected chi connectivity index (χ3v) is 12.4. The van der Waals surface area contributed by atoms with Gasteiger partial charge in [-0.3, -0.25) is 0 Å². The Balaban J connectivity index is 0.00000523. The van der Waals surface area contributed by atoms with Gasteiger partial charge < -0.3 is 34.3 Å². The van der Waals surface area contributed by atoms with E-state index >= 15 is 0 Å². The van der Waals surface area contributed by atoms with Crippen LogP contribution < -0.4 is 33.9 Å². The van der Waals surface area contributed by atoms with Gasteiger partial charge in [-0.2, -0.15) is 0 Å². The van der Waals surface area contributed by atoms with Gasteiger partial charge in [-0.05, 0) is 37.1 Å². The molecule has 0 atom stereocenters. The van der Waals surface area contributed by atoms with Crippen molar-refractivity contribution < 1.29 is 53.0 Å². The van der Waals surface area contributed by atoms with E-state index in [2.05, 4.69) is 70.5 Å². The standard InChI is InChI=1S/C43H66N4O4S2.2ClH/c1-5-7-9-11-13-15-17-23-29-50-42(48)31-46-38-27-21-19-25-36(38)44(3)40(46)33-52-35-53-34-41-45(4)37-26-20-22-28-39(37)47(41)32-43(49)51-30-24-18-16-14-12-10-8-6-2;;/h19-22,25-28H,5-18,23-24,29-35H2,1-4H3;2*1H/q+2;;/p-2. The third-order valence-electron chi connectivity index (χ3n) is 10.2. The van der Waals surface area contributed by atoms with Crippen LogP contribution in [0.4, 0.5) is 0 Å². The summed E-state index contributed by atoms with van der Waals surface area (Å²) in [6.07, 6.45) is 19.5. The zero-order valence-corrected chi connectivity index (χ0v) is 37.0. The van der Waals surface area contributed by atoms with Crippen LogP contribution in [0.15, 0.2) is 48.5 Å². The molecule has 308 valence electrons. The summed E-state index contributed by atoms with van der Waals surface area (Å²) in [5, 5.41) is 0.870. The molecule has 0 aliphatic carbocycles. The Hall–Kier alpha value is -2.40. The maximum atomic E-state index is 13.0. The van der Waals surface area contributed by atoms with Crippen molar-refractivity contribution in [3.8, 4) is 0 Å². The highest BCUT2D eigenvalue weighted by atomic mass is 35.5. The van der Waals surface area contributed by atoms with Gasteiger partial charge in [0.2, 0.25) is 0 Å². The van der Waals surface area contributed by atoms with Gasteiger partial charge in [0.1, 0.15) is 0 Å². The Morgan fingerprint density at radius 3 is 1.27 bits per heavy atom. The number of imidazole rings is 2. The van der Waals surface area contributed by atoms with Gasteiger partial charge in [0, 0.05) is 5.08 Å². The molecule has 0 amide bonds. The SMILES string of the molecule is CCCCCCCCCCOC(=O)Cn1c(CSCSCc2n(CC(=O)OCCCCCCCCCC)c3ccccc3[n+]2C)[n+](C)c2ccccc21.[Cl-].[Cl-]. The normalized spacial score (nSPS) is 11.1. The van der Waals surface area contributed by atoms with Gasteiger partial charge in [0.25, 0.3) is 11.6 Å². The lowest BCUT2D eigenvalue weighted by atomic mass is 10.1. The van der Waals surface area contributed by atoms with Crippen LogP contribution in [0, 0.1) is 0 Å². The first-order chi connectivity index (χ1) is 26.0. The Kier molecular flexibility index (Phi) is 24.9. The third kappa shape index (κ3) is 15.8. The van der Waals surface area contributed by atoms with Crippen LogP contribution in [0.3, 0.4) is 0 Å². The molecule has 0 aliphatic rings. The molecule has 12 heteroatoms. The van der Waals surface area contributed by atoms with Crippen molar-refractivity contribution in [1.29, 1.82) is 0 Å². The lowest BCUT2D eigenvalue weighted by molar-refractivity contribution is -0.653. The monoisotopic (exact) mass is 836 g/mol. The Labute approximate surface area is 351 Å². The predicted octanol–water partition coefficient (Wildman–Crippen LogP) is 3.74. The minimum Gasteiger partial charge on any atom is -1.00 e. The molecule has 4 aromatic rings. The van der Waals surface area contributed by atoms with Gasteiger partial charge >= 0.3 is 11.9 Å². The smallest absolute Gasteiger partial charge is 0.348 e. The van der Waals surface area contributed by atoms with E-state index in [4.69, 9.17) is 9.47 Å². The molecule has 0 radical (unpaired) electrons. The van der Waals surface area contributed by atoms with E-state index in [0.29, 0.717) is 13.2 Å². The number of benzene rings is 2. The molecule has 8 nitrogen and oxygen atoms in total. The molecule has 0 unspecified atom stereocenters. The van der Waals surface area contributed by atoms with Crippen molar-refractivity contribution in [3.05, 3.63) is 60.2 Å². The maximum absolute atomic E-state index is 13.0. The molecule has 55 heavy (non-hydrogen) atoms. The molecule has 0 spiro atoms. The van der Waals surface area contributed by atoms with Crippen LogP contribution in [-0.4, -0.2) is 39.4 Å². The first kappa shape index (κ1) is 48.7. The molecular formula is C43H66Cl2N4O4S2. The summed E-state index contributed by atoms with van der Waals surface area (Å²) < 4.78 is 20.1. The van der Waals surface area contributed by atoms with Gasteiger partial charge in [0.15, 0.2) is 35.2 Å². The molecule has 2 aromatic carbocycles. The first-order valence-electron chi connectivity index (χ1n) is 20.3. The molecule has 0 fully saturated rings. The lowest BCUT2D eigenvalue weighted by Crippen LogP contribution is -3.00. The fourth-order valence-corrected chi connectivity index (χ4v) is 9.29. The molecule has 0 aliphatic heterocycles. The van der Waals surface area contributed by atoms with Crippen LogP contribution in [0.25, 0.3) is 22.1 Å². The number of thioether (sulfide) groups is 2. The number of para-hydroxylation sites is 4. The van der Waals surface area contributed by atoms with Gasteiger partial charge in [0.05, 0.1) is 38.8 Å². The molecule has 0 saturated carbocycles. The average Bonchev–Trinajstić information content (AvgIpc) is 3.58. The molecule has 0 saturated heterocycles. The number of esters is 2. The largest absolute Gasteiger partial charge is 1.00 e. The minimum atomic E-state index is -0.174. The molecule has 0 N–H and O–H groups in total. The number of rotatable bonds is 28. The van der Waals surface area contributed by atoms with E-state index in [1.807, 2.05) is 47.8 Å². The van der Waals surface area contributed by atoms with Crippen molar-refractivity contribution in [1.82, 2.24) is 9.13 Å². The Bertz CT molecular complexity index is 1570. The summed E-state index contributed by atoms with van der Waals surface area (Å²) in [7, 11) is 4.17. The second-order valence-electron chi connectivity index (χ2n) is 14.3. The van der Waals surface area contributed by atoms with Gasteiger partial charge in [-0.1, -0.05) is 128 Å². The lowest BCUT2D eigenvalue weighted by Gasteiger charge is -2.07. The van der Waals surface area contributed by atoms with E-state index < -0.39 is 0 Å². The molecule has 0 bridgehead atoms. The summed E-state index contributed by atoms with van der Waals surface area (Å²) in [5.41, 5.74) is 4.32. The molecule has 2 aromatic heterocycles. The van der Waals surface area contributed by atoms with Gasteiger partial charge in [-0.15, -0.1) is 23.5 Å². The zero-order valence-electron chi connectivity index (χ0n) is 33.9. The van der Waals surface area contributed by atoms with Gasteiger partial charge in [-0.25, -0.2) is 27.9 Å². The number of aromatic nitrogens is 4. The van der Waals surface area contributed by atoms with Crippen molar-refractivity contribution in [3.63, 3.8) is 0 Å². The zero-order chi connectivity index (χ0) is 37.7. The van der Waals surface area contributed by atoms with E-state index in [9.17, 15) is 9.59 Å². The highest BCUT2D eigenvalue weighted by molar-refractivity contribution is 8.15. The number of carbonyl (C=O) groups excluding carboxylic acids is 2. The van der Waals surface area contributed by atoms with Crippen LogP contribution in [0.2, 0.25) is 0 Å². The number of hydrogen-bond acceptors (Lipinski definition) is 6. The maximum Gasteiger partial charge on any atom is 0.348 e. The molecule has 2 heterocycles. The van der Waals surface area contributed by atoms with E-state index in [1.54, 1.807) is 0 Å². The fourth-order valence-electron chi connectivity index (χ4n) is 7.09. The van der Waals surface area contributed by atoms with E-state index in [0.717, 1.165) is 76.0 Å². The quantitative estimate of drug-likeness (QED) is 0.0377. The number of fused-ring (bicyclic) bond motifs is 2. The first-order valence-corrected chi connectivity index (χ1v) is 22.7. The number of ether oxygens (including phenoxy) is 2. The number of carbonyl (C=O) groups is 2. The highest BCUT2D eigenvalue weighted by Gasteiger charge is 2.27. The Morgan fingerprint density at radius 2 is 0.891 bits per heavy atom. The predicted molar refractivity (Wildman–Crippen MR) is 221 cm³/mol. The van der Waals surface area contributed by atoms with E-state index in [-0.39, 0.29) is 49.8 Å². The van der Waals surface area contributed by atoms with Crippen molar-refractivity contribution >= 4 is 57.5 Å².